The van der Waals surface area contributed by atoms with Crippen LogP contribution in [0.1, 0.15) is 31.2 Å². The third kappa shape index (κ3) is 1.42. The number of hydrogen-bond donors (Lipinski definition) is 1. The van der Waals surface area contributed by atoms with Crippen molar-refractivity contribution in [2.45, 2.75) is 31.1 Å². The molecule has 1 aromatic carbocycles. The molecule has 0 atom stereocenters. The molecule has 19 heavy (non-hydrogen) atoms. The average molecular weight is 255 g/mol. The molecule has 0 bridgehead atoms. The maximum absolute atomic E-state index is 6.15. The molecule has 98 valence electrons. The highest BCUT2D eigenvalue weighted by molar-refractivity contribution is 5.98. The number of fused-ring (bicyclic) bond motifs is 2. The van der Waals surface area contributed by atoms with E-state index in [2.05, 4.69) is 6.07 Å². The summed E-state index contributed by atoms with van der Waals surface area (Å²) < 4.78 is 11.4. The summed E-state index contributed by atoms with van der Waals surface area (Å²) in [5.74, 6) is 0. The monoisotopic (exact) mass is 255 g/mol. The molecule has 1 aliphatic rings. The molecule has 0 amide bonds. The summed E-state index contributed by atoms with van der Waals surface area (Å²) in [5, 5.41) is 2.27. The van der Waals surface area contributed by atoms with Gasteiger partial charge < -0.3 is 14.6 Å². The van der Waals surface area contributed by atoms with Gasteiger partial charge in [-0.15, -0.1) is 0 Å². The first-order valence-corrected chi connectivity index (χ1v) is 6.92. The Hall–Kier alpha value is -1.74. The maximum Gasteiger partial charge on any atom is 0.138 e. The van der Waals surface area contributed by atoms with Gasteiger partial charge in [0, 0.05) is 28.3 Å². The Bertz CT molecular complexity index is 683. The highest BCUT2D eigenvalue weighted by Gasteiger charge is 2.38. The zero-order valence-electron chi connectivity index (χ0n) is 10.8. The molecular weight excluding hydrogens is 238 g/mol. The van der Waals surface area contributed by atoms with Crippen LogP contribution in [0.2, 0.25) is 0 Å². The largest absolute Gasteiger partial charge is 0.464 e. The van der Waals surface area contributed by atoms with Gasteiger partial charge in [-0.25, -0.2) is 0 Å². The lowest BCUT2D eigenvalue weighted by molar-refractivity contribution is 0.451. The van der Waals surface area contributed by atoms with Crippen molar-refractivity contribution in [1.82, 2.24) is 0 Å². The van der Waals surface area contributed by atoms with Crippen LogP contribution in [0.5, 0.6) is 0 Å². The van der Waals surface area contributed by atoms with E-state index in [-0.39, 0.29) is 5.41 Å². The van der Waals surface area contributed by atoms with E-state index in [0.717, 1.165) is 34.8 Å². The average Bonchev–Trinajstić information content (AvgIpc) is 3.16. The van der Waals surface area contributed by atoms with Crippen LogP contribution in [-0.4, -0.2) is 6.54 Å². The number of furan rings is 2. The van der Waals surface area contributed by atoms with Crippen LogP contribution in [0.25, 0.3) is 21.9 Å². The van der Waals surface area contributed by atoms with E-state index < -0.39 is 0 Å². The van der Waals surface area contributed by atoms with Gasteiger partial charge in [0.25, 0.3) is 0 Å². The summed E-state index contributed by atoms with van der Waals surface area (Å²) >= 11 is 0. The first kappa shape index (κ1) is 11.1. The lowest BCUT2D eigenvalue weighted by atomic mass is 9.77. The Balaban J connectivity index is 2.13. The van der Waals surface area contributed by atoms with E-state index in [1.807, 2.05) is 12.1 Å². The fourth-order valence-electron chi connectivity index (χ4n) is 3.67. The Morgan fingerprint density at radius 1 is 1.11 bits per heavy atom. The minimum Gasteiger partial charge on any atom is -0.464 e. The molecule has 0 aliphatic heterocycles. The van der Waals surface area contributed by atoms with E-state index in [1.165, 1.54) is 18.4 Å². The molecule has 1 saturated carbocycles. The van der Waals surface area contributed by atoms with Crippen LogP contribution in [0.15, 0.2) is 39.6 Å². The standard InChI is InChI=1S/C16H17NO2/c17-10-16(5-1-2-6-16)14-12-4-8-18-13(12)9-11-3-7-19-15(11)14/h3-4,7-9H,1-2,5-6,10,17H2. The second kappa shape index (κ2) is 3.87. The third-order valence-electron chi connectivity index (χ3n) is 4.66. The molecule has 0 radical (unpaired) electrons. The second-order valence-electron chi connectivity index (χ2n) is 5.61. The Kier molecular flexibility index (Phi) is 2.27. The molecule has 1 aliphatic carbocycles. The number of nitrogens with two attached hydrogens (primary N) is 1. The molecule has 1 fully saturated rings. The van der Waals surface area contributed by atoms with Crippen molar-refractivity contribution < 1.29 is 8.83 Å². The van der Waals surface area contributed by atoms with Crippen molar-refractivity contribution in [3.63, 3.8) is 0 Å². The van der Waals surface area contributed by atoms with Crippen LogP contribution in [0, 0.1) is 0 Å². The fourth-order valence-corrected chi connectivity index (χ4v) is 3.67. The maximum atomic E-state index is 6.15. The summed E-state index contributed by atoms with van der Waals surface area (Å²) in [5.41, 5.74) is 9.39. The lowest BCUT2D eigenvalue weighted by Crippen LogP contribution is -2.32. The van der Waals surface area contributed by atoms with Crippen LogP contribution in [-0.2, 0) is 5.41 Å². The van der Waals surface area contributed by atoms with Crippen molar-refractivity contribution in [1.29, 1.82) is 0 Å². The number of hydrogen-bond acceptors (Lipinski definition) is 3. The highest BCUT2D eigenvalue weighted by atomic mass is 16.3. The van der Waals surface area contributed by atoms with Crippen LogP contribution < -0.4 is 5.73 Å². The van der Waals surface area contributed by atoms with E-state index >= 15 is 0 Å². The van der Waals surface area contributed by atoms with Crippen LogP contribution in [0.4, 0.5) is 0 Å². The zero-order valence-corrected chi connectivity index (χ0v) is 10.8. The van der Waals surface area contributed by atoms with Gasteiger partial charge in [0.1, 0.15) is 11.2 Å². The summed E-state index contributed by atoms with van der Waals surface area (Å²) in [6.45, 7) is 0.674. The molecule has 3 nitrogen and oxygen atoms in total. The molecular formula is C16H17NO2. The minimum atomic E-state index is 0.0550. The number of benzene rings is 1. The summed E-state index contributed by atoms with van der Waals surface area (Å²) in [4.78, 5) is 0. The summed E-state index contributed by atoms with van der Waals surface area (Å²) in [6.07, 6.45) is 8.28. The van der Waals surface area contributed by atoms with Gasteiger partial charge in [-0.05, 0) is 31.0 Å². The molecule has 0 saturated heterocycles. The zero-order chi connectivity index (χ0) is 12.9. The van der Waals surface area contributed by atoms with Crippen molar-refractivity contribution in [3.8, 4) is 0 Å². The Labute approximate surface area is 111 Å². The molecule has 2 aromatic heterocycles. The van der Waals surface area contributed by atoms with Gasteiger partial charge in [0.2, 0.25) is 0 Å². The minimum absolute atomic E-state index is 0.0550. The van der Waals surface area contributed by atoms with Crippen molar-refractivity contribution >= 4 is 21.9 Å². The summed E-state index contributed by atoms with van der Waals surface area (Å²) in [6, 6.07) is 6.10. The lowest BCUT2D eigenvalue weighted by Gasteiger charge is -2.28. The summed E-state index contributed by atoms with van der Waals surface area (Å²) in [7, 11) is 0. The van der Waals surface area contributed by atoms with Gasteiger partial charge in [0.15, 0.2) is 0 Å². The normalized spacial score (nSPS) is 18.6. The van der Waals surface area contributed by atoms with Gasteiger partial charge in [-0.3, -0.25) is 0 Å². The fraction of sp³-hybridized carbons (Fsp3) is 0.375. The molecule has 3 heteroatoms. The SMILES string of the molecule is NCC1(c2c3ccoc3cc3ccoc23)CCCC1. The number of rotatable bonds is 2. The molecule has 2 N–H and O–H groups in total. The van der Waals surface area contributed by atoms with Crippen molar-refractivity contribution in [2.24, 2.45) is 5.73 Å². The van der Waals surface area contributed by atoms with Gasteiger partial charge in [0.05, 0.1) is 12.5 Å². The first-order valence-electron chi connectivity index (χ1n) is 6.92. The predicted octanol–water partition coefficient (Wildman–Crippen LogP) is 3.95. The van der Waals surface area contributed by atoms with Gasteiger partial charge in [-0.2, -0.15) is 0 Å². The van der Waals surface area contributed by atoms with Crippen LogP contribution >= 0.6 is 0 Å². The highest BCUT2D eigenvalue weighted by Crippen LogP contribution is 2.46. The third-order valence-corrected chi connectivity index (χ3v) is 4.66. The molecule has 0 unspecified atom stereocenters. The van der Waals surface area contributed by atoms with E-state index in [0.29, 0.717) is 6.54 Å². The smallest absolute Gasteiger partial charge is 0.138 e. The molecule has 2 heterocycles. The molecule has 4 rings (SSSR count). The van der Waals surface area contributed by atoms with Crippen LogP contribution in [0.3, 0.4) is 0 Å². The first-order chi connectivity index (χ1) is 9.34. The second-order valence-corrected chi connectivity index (χ2v) is 5.61. The Morgan fingerprint density at radius 2 is 1.89 bits per heavy atom. The van der Waals surface area contributed by atoms with E-state index in [9.17, 15) is 0 Å². The quantitative estimate of drug-likeness (QED) is 0.754. The van der Waals surface area contributed by atoms with Gasteiger partial charge >= 0.3 is 0 Å². The van der Waals surface area contributed by atoms with Crippen molar-refractivity contribution in [2.75, 3.05) is 6.54 Å². The van der Waals surface area contributed by atoms with E-state index in [1.54, 1.807) is 12.5 Å². The molecule has 3 aromatic rings. The molecule has 0 spiro atoms. The topological polar surface area (TPSA) is 52.3 Å². The van der Waals surface area contributed by atoms with Crippen molar-refractivity contribution in [3.05, 3.63) is 36.3 Å². The van der Waals surface area contributed by atoms with Gasteiger partial charge in [-0.1, -0.05) is 12.8 Å². The Morgan fingerprint density at radius 3 is 2.68 bits per heavy atom. The van der Waals surface area contributed by atoms with E-state index in [4.69, 9.17) is 14.6 Å². The predicted molar refractivity (Wildman–Crippen MR) is 75.2 cm³/mol.